The maximum atomic E-state index is 13.3. The van der Waals surface area contributed by atoms with Crippen LogP contribution in [0.1, 0.15) is 46.3 Å². The van der Waals surface area contributed by atoms with Crippen LogP contribution in [0, 0.1) is 10.1 Å². The van der Waals surface area contributed by atoms with Gasteiger partial charge >= 0.3 is 24.3 Å². The van der Waals surface area contributed by atoms with E-state index >= 15 is 0 Å². The largest absolute Gasteiger partial charge is 0.490 e. The fourth-order valence-electron chi connectivity index (χ4n) is 7.51. The second-order valence-corrected chi connectivity index (χ2v) is 17.6. The molecule has 5 aromatic rings. The number of halogens is 7. The number of sulfonamides is 1. The molecule has 1 amide bonds. The number of aliphatic carboxylic acids is 2. The number of alkyl halides is 6. The molecule has 22 heteroatoms. The van der Waals surface area contributed by atoms with Crippen molar-refractivity contribution in [3.05, 3.63) is 153 Å². The van der Waals surface area contributed by atoms with Gasteiger partial charge in [-0.2, -0.15) is 26.3 Å². The molecule has 0 saturated carbocycles. The number of anilines is 2. The quantitative estimate of drug-likeness (QED) is 0.0378. The Morgan fingerprint density at radius 2 is 1.44 bits per heavy atom. The summed E-state index contributed by atoms with van der Waals surface area (Å²) in [6.07, 6.45) is -5.94. The molecule has 0 unspecified atom stereocenters. The summed E-state index contributed by atoms with van der Waals surface area (Å²) in [6.45, 7) is 3.94. The zero-order chi connectivity index (χ0) is 49.8. The van der Waals surface area contributed by atoms with Gasteiger partial charge in [-0.1, -0.05) is 78.3 Å². The van der Waals surface area contributed by atoms with Crippen LogP contribution in [-0.4, -0.2) is 90.9 Å². The number of nitrogens with zero attached hydrogens (tertiary/aromatic N) is 3. The van der Waals surface area contributed by atoms with E-state index in [1.165, 1.54) is 28.8 Å². The minimum absolute atomic E-state index is 0.219. The van der Waals surface area contributed by atoms with Crippen molar-refractivity contribution < 1.29 is 64.3 Å². The average Bonchev–Trinajstić information content (AvgIpc) is 3.29. The number of carboxylic acid groups (broad SMARTS) is 2. The summed E-state index contributed by atoms with van der Waals surface area (Å²) in [6, 6.07) is 35.8. The number of aryl methyl sites for hydroxylation is 2. The van der Waals surface area contributed by atoms with E-state index in [1.807, 2.05) is 36.4 Å². The number of hydrogen-bond donors (Lipinski definition) is 4. The van der Waals surface area contributed by atoms with E-state index in [9.17, 15) is 49.7 Å². The molecule has 0 spiro atoms. The number of carbonyl (C=O) groups excluding carboxylic acids is 1. The topological polar surface area (TPSA) is 199 Å². The van der Waals surface area contributed by atoms with Gasteiger partial charge in [0.25, 0.3) is 21.6 Å². The van der Waals surface area contributed by atoms with Crippen LogP contribution in [0.3, 0.4) is 0 Å². The predicted molar refractivity (Wildman–Crippen MR) is 241 cm³/mol. The molecule has 2 aliphatic heterocycles. The third-order valence-corrected chi connectivity index (χ3v) is 12.4. The third kappa shape index (κ3) is 14.6. The summed E-state index contributed by atoms with van der Waals surface area (Å²) < 4.78 is 92.2. The molecule has 0 radical (unpaired) electrons. The number of nitro groups is 1. The van der Waals surface area contributed by atoms with E-state index in [0.29, 0.717) is 17.6 Å². The van der Waals surface area contributed by atoms with Crippen LogP contribution >= 0.6 is 11.6 Å². The lowest BCUT2D eigenvalue weighted by Gasteiger charge is -2.46. The first-order valence-electron chi connectivity index (χ1n) is 20.7. The lowest BCUT2D eigenvalue weighted by atomic mass is 9.92. The van der Waals surface area contributed by atoms with E-state index in [1.54, 1.807) is 12.1 Å². The number of unbranched alkanes of at least 4 members (excludes halogenated alkanes) is 1. The predicted octanol–water partition coefficient (Wildman–Crippen LogP) is 9.37. The Labute approximate surface area is 391 Å². The van der Waals surface area contributed by atoms with Crippen molar-refractivity contribution in [2.24, 2.45) is 0 Å². The first-order chi connectivity index (χ1) is 32.0. The minimum atomic E-state index is -5.08. The summed E-state index contributed by atoms with van der Waals surface area (Å²) >= 11 is 6.14. The summed E-state index contributed by atoms with van der Waals surface area (Å²) in [5.41, 5.74) is 6.95. The zero-order valence-corrected chi connectivity index (χ0v) is 37.3. The Morgan fingerprint density at radius 1 is 0.809 bits per heavy atom. The van der Waals surface area contributed by atoms with Crippen molar-refractivity contribution in [3.63, 3.8) is 0 Å². The number of hydrogen-bond acceptors (Lipinski definition) is 10. The van der Waals surface area contributed by atoms with Gasteiger partial charge in [0.15, 0.2) is 0 Å². The molecular weight excluding hydrogens is 948 g/mol. The summed E-state index contributed by atoms with van der Waals surface area (Å²) in [7, 11) is -4.39. The molecule has 0 bridgehead atoms. The molecule has 5 aromatic carbocycles. The maximum absolute atomic E-state index is 13.3. The van der Waals surface area contributed by atoms with Crippen molar-refractivity contribution in [1.82, 2.24) is 9.62 Å². The molecule has 68 heavy (non-hydrogen) atoms. The molecule has 362 valence electrons. The van der Waals surface area contributed by atoms with E-state index in [-0.39, 0.29) is 21.8 Å². The second-order valence-electron chi connectivity index (χ2n) is 15.5. The monoisotopic (exact) mass is 991 g/mol. The van der Waals surface area contributed by atoms with E-state index in [0.717, 1.165) is 81.2 Å². The number of carbonyl (C=O) groups is 3. The Balaban J connectivity index is 0.000000538. The molecule has 14 nitrogen and oxygen atoms in total. The molecule has 2 aliphatic rings. The van der Waals surface area contributed by atoms with Gasteiger partial charge in [-0.15, -0.1) is 0 Å². The Kier molecular flexibility index (Phi) is 17.6. The maximum Gasteiger partial charge on any atom is 0.490 e. The first-order valence-corrected chi connectivity index (χ1v) is 22.6. The van der Waals surface area contributed by atoms with Crippen LogP contribution in [0.25, 0.3) is 11.1 Å². The van der Waals surface area contributed by atoms with Crippen molar-refractivity contribution in [3.8, 4) is 11.1 Å². The van der Waals surface area contributed by atoms with Gasteiger partial charge in [-0.05, 0) is 102 Å². The molecule has 7 rings (SSSR count). The normalized spacial score (nSPS) is 14.7. The summed E-state index contributed by atoms with van der Waals surface area (Å²) in [5.74, 6) is -6.30. The fraction of sp³-hybridized carbons (Fsp3) is 0.283. The van der Waals surface area contributed by atoms with E-state index in [2.05, 4.69) is 68.4 Å². The van der Waals surface area contributed by atoms with Crippen LogP contribution in [-0.2, 0) is 39.0 Å². The zero-order valence-electron chi connectivity index (χ0n) is 35.8. The van der Waals surface area contributed by atoms with Gasteiger partial charge in [0.1, 0.15) is 5.69 Å². The number of amides is 1. The molecule has 1 fully saturated rings. The molecule has 4 N–H and O–H groups in total. The highest BCUT2D eigenvalue weighted by atomic mass is 35.5. The number of carboxylic acids is 2. The molecular formula is C46H44ClF6N5O9S. The van der Waals surface area contributed by atoms with E-state index < -0.39 is 45.1 Å². The van der Waals surface area contributed by atoms with Crippen molar-refractivity contribution in [2.45, 2.75) is 61.9 Å². The van der Waals surface area contributed by atoms with E-state index in [4.69, 9.17) is 31.4 Å². The van der Waals surface area contributed by atoms with Gasteiger partial charge in [0, 0.05) is 61.1 Å². The average molecular weight is 992 g/mol. The number of rotatable bonds is 13. The van der Waals surface area contributed by atoms with Gasteiger partial charge < -0.3 is 20.4 Å². The van der Waals surface area contributed by atoms with Gasteiger partial charge in [0.05, 0.1) is 9.82 Å². The number of nitro benzene ring substituents is 1. The van der Waals surface area contributed by atoms with Crippen LogP contribution in [0.15, 0.2) is 120 Å². The SMILES string of the molecule is O=C(NS(=O)(=O)c1ccc(NCCCCc2ccccc2)c([N+](=O)[O-])c1)c1ccc2c(c1)CC[C@H]1CN(Cc3ccccc3-c3ccc(Cl)cc3)CCN21.O=C(O)C(F)(F)F.O=C(O)C(F)(F)F. The molecule has 0 aromatic heterocycles. The fourth-order valence-corrected chi connectivity index (χ4v) is 8.63. The third-order valence-electron chi connectivity index (χ3n) is 10.8. The molecule has 0 aliphatic carbocycles. The summed E-state index contributed by atoms with van der Waals surface area (Å²) in [4.78, 5) is 46.9. The highest BCUT2D eigenvalue weighted by Gasteiger charge is 2.39. The number of fused-ring (bicyclic) bond motifs is 3. The second kappa shape index (κ2) is 22.9. The van der Waals surface area contributed by atoms with Gasteiger partial charge in [-0.25, -0.2) is 22.7 Å². The Hall–Kier alpha value is -6.71. The minimum Gasteiger partial charge on any atom is -0.475 e. The number of benzene rings is 5. The number of nitrogens with one attached hydrogen (secondary N) is 2. The number of piperazine rings is 1. The Bertz CT molecular complexity index is 2670. The van der Waals surface area contributed by atoms with Crippen molar-refractivity contribution in [1.29, 1.82) is 0 Å². The first kappa shape index (κ1) is 52.3. The Morgan fingerprint density at radius 3 is 2.07 bits per heavy atom. The summed E-state index contributed by atoms with van der Waals surface area (Å²) in [5, 5.41) is 29.9. The smallest absolute Gasteiger partial charge is 0.475 e. The van der Waals surface area contributed by atoms with Crippen LogP contribution in [0.2, 0.25) is 5.02 Å². The lowest BCUT2D eigenvalue weighted by Crippen LogP contribution is -2.54. The van der Waals surface area contributed by atoms with Crippen molar-refractivity contribution >= 4 is 56.5 Å². The van der Waals surface area contributed by atoms with Gasteiger partial charge in [0.2, 0.25) is 0 Å². The molecule has 2 heterocycles. The molecule has 1 saturated heterocycles. The van der Waals surface area contributed by atoms with Crippen molar-refractivity contribution in [2.75, 3.05) is 36.4 Å². The van der Waals surface area contributed by atoms with Crippen LogP contribution in [0.5, 0.6) is 0 Å². The van der Waals surface area contributed by atoms with Crippen LogP contribution in [0.4, 0.5) is 43.4 Å². The lowest BCUT2D eigenvalue weighted by molar-refractivity contribution is -0.384. The highest BCUT2D eigenvalue weighted by molar-refractivity contribution is 7.90. The standard InChI is InChI=1S/C42H42ClN5O5S.2C2HF3O2/c43-35-17-13-31(14-18-35)38-12-5-4-11-34(38)28-46-24-25-47-36(29-46)19-15-32-26-33(16-22-40(32)47)42(49)45-54(52,53)37-20-21-39(41(27-37)48(50)51)44-23-7-6-10-30-8-2-1-3-9-30;2*3-2(4,5)1(6)7/h1-5,8-9,11-14,16-18,20-22,26-27,36,44H,6-7,10,15,19,23-25,28-29H2,(H,45,49);2*(H,6,7)/t36-;;/m0../s1. The van der Waals surface area contributed by atoms with Crippen LogP contribution < -0.4 is 14.9 Å². The highest BCUT2D eigenvalue weighted by Crippen LogP contribution is 2.35. The molecule has 1 atom stereocenters. The van der Waals surface area contributed by atoms with Gasteiger partial charge in [-0.3, -0.25) is 19.8 Å².